The Morgan fingerprint density at radius 1 is 0.947 bits per heavy atom. The van der Waals surface area contributed by atoms with Crippen LogP contribution in [0.1, 0.15) is 33.9 Å². The van der Waals surface area contributed by atoms with Crippen LogP contribution >= 0.6 is 27.5 Å². The highest BCUT2D eigenvalue weighted by Crippen LogP contribution is 2.31. The monoisotopic (exact) mass is 338 g/mol. The lowest BCUT2D eigenvalue weighted by molar-refractivity contribution is 0.218. The third-order valence-electron chi connectivity index (χ3n) is 3.37. The van der Waals surface area contributed by atoms with Gasteiger partial charge < -0.3 is 5.11 Å². The van der Waals surface area contributed by atoms with Crippen LogP contribution in [0.15, 0.2) is 34.8 Å². The molecular formula is C16H16BrClO. The molecule has 0 bridgehead atoms. The van der Waals surface area contributed by atoms with E-state index in [9.17, 15) is 5.11 Å². The summed E-state index contributed by atoms with van der Waals surface area (Å²) in [7, 11) is 0. The molecule has 2 rings (SSSR count). The lowest BCUT2D eigenvalue weighted by atomic mass is 9.93. The molecule has 19 heavy (non-hydrogen) atoms. The van der Waals surface area contributed by atoms with Crippen LogP contribution in [0.5, 0.6) is 0 Å². The maximum Gasteiger partial charge on any atom is 0.105 e. The minimum atomic E-state index is -0.621. The van der Waals surface area contributed by atoms with Crippen molar-refractivity contribution in [3.63, 3.8) is 0 Å². The van der Waals surface area contributed by atoms with E-state index < -0.39 is 6.10 Å². The predicted molar refractivity (Wildman–Crippen MR) is 83.9 cm³/mol. The molecule has 1 N–H and O–H groups in total. The fraction of sp³-hybridized carbons (Fsp3) is 0.250. The Kier molecular flexibility index (Phi) is 4.34. The van der Waals surface area contributed by atoms with E-state index in [4.69, 9.17) is 11.6 Å². The van der Waals surface area contributed by atoms with Crippen LogP contribution in [0.2, 0.25) is 5.02 Å². The summed E-state index contributed by atoms with van der Waals surface area (Å²) in [5.74, 6) is 0. The summed E-state index contributed by atoms with van der Waals surface area (Å²) in [6.45, 7) is 5.92. The number of aryl methyl sites for hydroxylation is 3. The Morgan fingerprint density at radius 3 is 2.21 bits per heavy atom. The van der Waals surface area contributed by atoms with Crippen LogP contribution in [0, 0.1) is 20.8 Å². The smallest absolute Gasteiger partial charge is 0.105 e. The molecule has 0 saturated heterocycles. The highest BCUT2D eigenvalue weighted by molar-refractivity contribution is 9.10. The zero-order valence-electron chi connectivity index (χ0n) is 11.2. The van der Waals surface area contributed by atoms with Crippen molar-refractivity contribution < 1.29 is 5.11 Å². The number of aliphatic hydroxyl groups is 1. The van der Waals surface area contributed by atoms with Gasteiger partial charge in [0.2, 0.25) is 0 Å². The van der Waals surface area contributed by atoms with Crippen molar-refractivity contribution in [2.45, 2.75) is 26.9 Å². The molecular weight excluding hydrogens is 324 g/mol. The van der Waals surface area contributed by atoms with Crippen LogP contribution in [0.3, 0.4) is 0 Å². The van der Waals surface area contributed by atoms with Crippen LogP contribution in [-0.4, -0.2) is 5.11 Å². The number of halogens is 2. The zero-order chi connectivity index (χ0) is 14.2. The SMILES string of the molecule is Cc1cc(C(O)c2ccc(Br)cc2C)c(C)cc1Cl. The van der Waals surface area contributed by atoms with E-state index in [0.29, 0.717) is 0 Å². The average molecular weight is 340 g/mol. The van der Waals surface area contributed by atoms with E-state index in [2.05, 4.69) is 15.9 Å². The fourth-order valence-corrected chi connectivity index (χ4v) is 2.91. The Labute approximate surface area is 127 Å². The van der Waals surface area contributed by atoms with Crippen molar-refractivity contribution in [2.75, 3.05) is 0 Å². The summed E-state index contributed by atoms with van der Waals surface area (Å²) in [5, 5.41) is 11.3. The Hall–Kier alpha value is -0.830. The third kappa shape index (κ3) is 3.02. The van der Waals surface area contributed by atoms with Crippen LogP contribution in [0.4, 0.5) is 0 Å². The van der Waals surface area contributed by atoms with Crippen molar-refractivity contribution in [3.8, 4) is 0 Å². The second kappa shape index (κ2) is 5.66. The summed E-state index contributed by atoms with van der Waals surface area (Å²) < 4.78 is 1.02. The topological polar surface area (TPSA) is 20.2 Å². The number of hydrogen-bond acceptors (Lipinski definition) is 1. The molecule has 100 valence electrons. The van der Waals surface area contributed by atoms with Crippen LogP contribution in [0.25, 0.3) is 0 Å². The van der Waals surface area contributed by atoms with E-state index in [0.717, 1.165) is 37.3 Å². The maximum absolute atomic E-state index is 10.6. The molecule has 0 aromatic heterocycles. The fourth-order valence-electron chi connectivity index (χ4n) is 2.21. The normalized spacial score (nSPS) is 12.5. The number of benzene rings is 2. The van der Waals surface area contributed by atoms with Gasteiger partial charge in [0, 0.05) is 9.50 Å². The van der Waals surface area contributed by atoms with Crippen LogP contribution < -0.4 is 0 Å². The molecule has 0 radical (unpaired) electrons. The van der Waals surface area contributed by atoms with Gasteiger partial charge in [-0.15, -0.1) is 0 Å². The summed E-state index contributed by atoms with van der Waals surface area (Å²) in [6.07, 6.45) is -0.621. The molecule has 0 amide bonds. The summed E-state index contributed by atoms with van der Waals surface area (Å²) in [5.41, 5.74) is 4.88. The molecule has 2 aromatic carbocycles. The van der Waals surface area contributed by atoms with Crippen molar-refractivity contribution in [3.05, 3.63) is 67.6 Å². The number of hydrogen-bond donors (Lipinski definition) is 1. The first kappa shape index (κ1) is 14.6. The summed E-state index contributed by atoms with van der Waals surface area (Å²) >= 11 is 9.54. The Balaban J connectivity index is 2.49. The molecule has 0 saturated carbocycles. The first-order valence-corrected chi connectivity index (χ1v) is 7.28. The van der Waals surface area contributed by atoms with Gasteiger partial charge in [-0.25, -0.2) is 0 Å². The van der Waals surface area contributed by atoms with Gasteiger partial charge in [-0.05, 0) is 66.8 Å². The second-order valence-electron chi connectivity index (χ2n) is 4.86. The standard InChI is InChI=1S/C16H16BrClO/c1-9-6-12(17)4-5-13(9)16(19)14-7-11(3)15(18)8-10(14)2/h4-8,16,19H,1-3H3. The van der Waals surface area contributed by atoms with Gasteiger partial charge in [0.1, 0.15) is 6.10 Å². The van der Waals surface area contributed by atoms with E-state index in [1.807, 2.05) is 51.1 Å². The highest BCUT2D eigenvalue weighted by Gasteiger charge is 2.16. The lowest BCUT2D eigenvalue weighted by Gasteiger charge is -2.18. The molecule has 1 nitrogen and oxygen atoms in total. The lowest BCUT2D eigenvalue weighted by Crippen LogP contribution is -2.04. The molecule has 1 unspecified atom stereocenters. The van der Waals surface area contributed by atoms with E-state index in [1.165, 1.54) is 0 Å². The average Bonchev–Trinajstić information content (AvgIpc) is 2.33. The van der Waals surface area contributed by atoms with Crippen molar-refractivity contribution in [1.29, 1.82) is 0 Å². The van der Waals surface area contributed by atoms with Gasteiger partial charge >= 0.3 is 0 Å². The molecule has 0 heterocycles. The van der Waals surface area contributed by atoms with Gasteiger partial charge in [-0.2, -0.15) is 0 Å². The quantitative estimate of drug-likeness (QED) is 0.806. The van der Waals surface area contributed by atoms with Crippen molar-refractivity contribution >= 4 is 27.5 Å². The van der Waals surface area contributed by atoms with Gasteiger partial charge in [-0.3, -0.25) is 0 Å². The molecule has 0 aliphatic heterocycles. The molecule has 0 spiro atoms. The van der Waals surface area contributed by atoms with Gasteiger partial charge in [-0.1, -0.05) is 39.7 Å². The molecule has 0 fully saturated rings. The molecule has 2 aromatic rings. The Morgan fingerprint density at radius 2 is 1.58 bits per heavy atom. The highest BCUT2D eigenvalue weighted by atomic mass is 79.9. The predicted octanol–water partition coefficient (Wildman–Crippen LogP) is 5.11. The number of rotatable bonds is 2. The first-order chi connectivity index (χ1) is 8.90. The largest absolute Gasteiger partial charge is 0.384 e. The summed E-state index contributed by atoms with van der Waals surface area (Å²) in [6, 6.07) is 9.78. The van der Waals surface area contributed by atoms with E-state index in [1.54, 1.807) is 0 Å². The van der Waals surface area contributed by atoms with Crippen molar-refractivity contribution in [2.24, 2.45) is 0 Å². The maximum atomic E-state index is 10.6. The number of aliphatic hydroxyl groups excluding tert-OH is 1. The molecule has 3 heteroatoms. The second-order valence-corrected chi connectivity index (χ2v) is 6.18. The van der Waals surface area contributed by atoms with E-state index >= 15 is 0 Å². The first-order valence-electron chi connectivity index (χ1n) is 6.11. The minimum Gasteiger partial charge on any atom is -0.384 e. The van der Waals surface area contributed by atoms with Crippen LogP contribution in [-0.2, 0) is 0 Å². The third-order valence-corrected chi connectivity index (χ3v) is 4.27. The van der Waals surface area contributed by atoms with E-state index in [-0.39, 0.29) is 0 Å². The minimum absolute atomic E-state index is 0.621. The molecule has 0 aliphatic carbocycles. The van der Waals surface area contributed by atoms with Gasteiger partial charge in [0.15, 0.2) is 0 Å². The molecule has 1 atom stereocenters. The van der Waals surface area contributed by atoms with Gasteiger partial charge in [0.25, 0.3) is 0 Å². The Bertz CT molecular complexity index is 622. The summed E-state index contributed by atoms with van der Waals surface area (Å²) in [4.78, 5) is 0. The van der Waals surface area contributed by atoms with Crippen molar-refractivity contribution in [1.82, 2.24) is 0 Å². The zero-order valence-corrected chi connectivity index (χ0v) is 13.5. The molecule has 0 aliphatic rings. The van der Waals surface area contributed by atoms with Gasteiger partial charge in [0.05, 0.1) is 0 Å².